The number of amides is 1. The summed E-state index contributed by atoms with van der Waals surface area (Å²) in [6, 6.07) is 12.8. The highest BCUT2D eigenvalue weighted by Gasteiger charge is 2.33. The third-order valence-electron chi connectivity index (χ3n) is 4.99. The van der Waals surface area contributed by atoms with Gasteiger partial charge in [0.1, 0.15) is 12.4 Å². The van der Waals surface area contributed by atoms with Gasteiger partial charge in [-0.05, 0) is 98.8 Å². The van der Waals surface area contributed by atoms with Gasteiger partial charge in [0.25, 0.3) is 11.6 Å². The van der Waals surface area contributed by atoms with Gasteiger partial charge in [0, 0.05) is 29.0 Å². The Morgan fingerprint density at radius 1 is 1.03 bits per heavy atom. The second-order valence-corrected chi connectivity index (χ2v) is 9.62. The topological polar surface area (TPSA) is 81.5 Å². The number of benzene rings is 3. The molecule has 11 heteroatoms. The Labute approximate surface area is 218 Å². The zero-order valence-corrected chi connectivity index (χ0v) is 21.3. The molecule has 0 saturated carbocycles. The first-order valence-electron chi connectivity index (χ1n) is 9.63. The van der Waals surface area contributed by atoms with Gasteiger partial charge in [0.2, 0.25) is 0 Å². The minimum Gasteiger partial charge on any atom is -0.487 e. The molecule has 0 radical (unpaired) electrons. The highest BCUT2D eigenvalue weighted by molar-refractivity contribution is 14.1. The van der Waals surface area contributed by atoms with Crippen LogP contribution in [-0.4, -0.2) is 10.8 Å². The quantitative estimate of drug-likeness (QED) is 0.137. The highest BCUT2D eigenvalue weighted by atomic mass is 127. The van der Waals surface area contributed by atoms with Crippen LogP contribution in [-0.2, 0) is 17.6 Å². The van der Waals surface area contributed by atoms with Gasteiger partial charge >= 0.3 is 6.18 Å². The number of ether oxygens (including phenoxy) is 1. The molecule has 1 amide bonds. The molecule has 0 aromatic heterocycles. The smallest absolute Gasteiger partial charge is 0.416 e. The molecule has 1 aliphatic heterocycles. The lowest BCUT2D eigenvalue weighted by atomic mass is 10.0. The number of nitrogens with zero attached hydrogens (tertiary/aromatic N) is 1. The van der Waals surface area contributed by atoms with Crippen LogP contribution in [0.1, 0.15) is 22.3 Å². The van der Waals surface area contributed by atoms with E-state index in [2.05, 4.69) is 50.5 Å². The molecule has 6 nitrogen and oxygen atoms in total. The van der Waals surface area contributed by atoms with E-state index in [1.54, 1.807) is 30.3 Å². The van der Waals surface area contributed by atoms with E-state index in [0.717, 1.165) is 24.8 Å². The third kappa shape index (κ3) is 5.19. The summed E-state index contributed by atoms with van der Waals surface area (Å²) in [5, 5.41) is 13.3. The van der Waals surface area contributed by atoms with Crippen molar-refractivity contribution in [1.29, 1.82) is 0 Å². The molecule has 0 unspecified atom stereocenters. The Morgan fingerprint density at radius 2 is 1.68 bits per heavy atom. The van der Waals surface area contributed by atoms with Crippen molar-refractivity contribution in [1.82, 2.24) is 0 Å². The normalized spacial score (nSPS) is 14.1. The molecule has 3 aromatic carbocycles. The van der Waals surface area contributed by atoms with Crippen LogP contribution in [0.3, 0.4) is 0 Å². The van der Waals surface area contributed by atoms with Crippen LogP contribution in [0.5, 0.6) is 5.75 Å². The molecule has 0 fully saturated rings. The predicted molar refractivity (Wildman–Crippen MR) is 137 cm³/mol. The lowest BCUT2D eigenvalue weighted by molar-refractivity contribution is -0.384. The second-order valence-electron chi connectivity index (χ2n) is 7.30. The van der Waals surface area contributed by atoms with Gasteiger partial charge in [-0.2, -0.15) is 13.2 Å². The third-order valence-corrected chi connectivity index (χ3v) is 6.59. The number of carbonyl (C=O) groups is 1. The summed E-state index contributed by atoms with van der Waals surface area (Å²) >= 11 is 4.20. The maximum atomic E-state index is 13.0. The van der Waals surface area contributed by atoms with Crippen LogP contribution in [0.15, 0.2) is 54.6 Å². The summed E-state index contributed by atoms with van der Waals surface area (Å²) in [5.74, 6) is 0.144. The number of rotatable bonds is 5. The summed E-state index contributed by atoms with van der Waals surface area (Å²) in [6.45, 7) is 0.210. The van der Waals surface area contributed by atoms with E-state index in [1.165, 1.54) is 18.2 Å². The van der Waals surface area contributed by atoms with Crippen molar-refractivity contribution in [3.63, 3.8) is 0 Å². The molecule has 4 rings (SSSR count). The van der Waals surface area contributed by atoms with Gasteiger partial charge in [-0.1, -0.05) is 6.07 Å². The summed E-state index contributed by atoms with van der Waals surface area (Å²) in [7, 11) is 0. The Hall–Kier alpha value is -2.68. The molecule has 34 heavy (non-hydrogen) atoms. The monoisotopic (exact) mass is 692 g/mol. The standard InChI is InChI=1S/C23H13F3I2N2O4/c24-23(25,26)14-3-6-16-17(22(31)29-20(16)10-14)7-13-8-18(27)21(19(28)9-13)34-11-12-1-4-15(5-2-12)30(32)33/h1-10H,11H2,(H,29,31)/b17-7-. The minimum atomic E-state index is -4.50. The number of carbonyl (C=O) groups excluding carboxylic acids is 1. The molecular weight excluding hydrogens is 679 g/mol. The Balaban J connectivity index is 1.56. The van der Waals surface area contributed by atoms with E-state index < -0.39 is 22.6 Å². The van der Waals surface area contributed by atoms with Gasteiger partial charge in [-0.3, -0.25) is 14.9 Å². The minimum absolute atomic E-state index is 0.00236. The number of anilines is 1. The number of hydrogen-bond donors (Lipinski definition) is 1. The maximum Gasteiger partial charge on any atom is 0.416 e. The molecule has 1 heterocycles. The lowest BCUT2D eigenvalue weighted by Crippen LogP contribution is -2.06. The molecule has 1 aliphatic rings. The fourth-order valence-electron chi connectivity index (χ4n) is 3.35. The number of halogens is 5. The van der Waals surface area contributed by atoms with Crippen molar-refractivity contribution in [3.8, 4) is 5.75 Å². The van der Waals surface area contributed by atoms with Crippen LogP contribution in [0, 0.1) is 17.3 Å². The van der Waals surface area contributed by atoms with E-state index in [9.17, 15) is 28.1 Å². The molecule has 0 spiro atoms. The summed E-state index contributed by atoms with van der Waals surface area (Å²) in [5.41, 5.74) is 1.43. The van der Waals surface area contributed by atoms with Gasteiger partial charge in [-0.15, -0.1) is 0 Å². The van der Waals surface area contributed by atoms with Gasteiger partial charge in [0.15, 0.2) is 0 Å². The van der Waals surface area contributed by atoms with Crippen molar-refractivity contribution >= 4 is 74.1 Å². The average molecular weight is 692 g/mol. The van der Waals surface area contributed by atoms with Crippen molar-refractivity contribution in [2.75, 3.05) is 5.32 Å². The fourth-order valence-corrected chi connectivity index (χ4v) is 5.48. The van der Waals surface area contributed by atoms with Crippen LogP contribution < -0.4 is 10.1 Å². The fraction of sp³-hybridized carbons (Fsp3) is 0.0870. The first-order chi connectivity index (χ1) is 16.0. The first kappa shape index (κ1) is 24.4. The molecule has 0 bridgehead atoms. The van der Waals surface area contributed by atoms with Crippen LogP contribution >= 0.6 is 45.2 Å². The van der Waals surface area contributed by atoms with Crippen molar-refractivity contribution < 1.29 is 27.6 Å². The Morgan fingerprint density at radius 3 is 2.26 bits per heavy atom. The maximum absolute atomic E-state index is 13.0. The number of fused-ring (bicyclic) bond motifs is 1. The highest BCUT2D eigenvalue weighted by Crippen LogP contribution is 2.39. The molecular formula is C23H13F3I2N2O4. The number of non-ortho nitro benzene ring substituents is 1. The first-order valence-corrected chi connectivity index (χ1v) is 11.8. The largest absolute Gasteiger partial charge is 0.487 e. The Bertz CT molecular complexity index is 1320. The molecule has 174 valence electrons. The molecule has 1 N–H and O–H groups in total. The summed E-state index contributed by atoms with van der Waals surface area (Å²) in [4.78, 5) is 22.7. The van der Waals surface area contributed by atoms with E-state index in [1.807, 2.05) is 0 Å². The molecule has 0 aliphatic carbocycles. The van der Waals surface area contributed by atoms with E-state index in [0.29, 0.717) is 16.9 Å². The van der Waals surface area contributed by atoms with Crippen molar-refractivity contribution in [2.45, 2.75) is 12.8 Å². The number of hydrogen-bond acceptors (Lipinski definition) is 4. The van der Waals surface area contributed by atoms with E-state index in [4.69, 9.17) is 4.74 Å². The molecule has 0 saturated heterocycles. The number of nitro groups is 1. The van der Waals surface area contributed by atoms with Crippen molar-refractivity contribution in [3.05, 3.63) is 94.1 Å². The van der Waals surface area contributed by atoms with Crippen LogP contribution in [0.4, 0.5) is 24.5 Å². The second kappa shape index (κ2) is 9.52. The lowest BCUT2D eigenvalue weighted by Gasteiger charge is -2.12. The zero-order valence-electron chi connectivity index (χ0n) is 17.0. The SMILES string of the molecule is O=C1Nc2cc(C(F)(F)F)ccc2/C1=C/c1cc(I)c(OCc2ccc([N+](=O)[O-])cc2)c(I)c1. The molecule has 0 atom stereocenters. The van der Waals surface area contributed by atoms with Gasteiger partial charge in [0.05, 0.1) is 17.6 Å². The predicted octanol–water partition coefficient (Wildman–Crippen LogP) is 6.89. The van der Waals surface area contributed by atoms with Crippen LogP contribution in [0.25, 0.3) is 11.6 Å². The molecule has 3 aromatic rings. The number of alkyl halides is 3. The van der Waals surface area contributed by atoms with Gasteiger partial charge < -0.3 is 10.1 Å². The number of nitro benzene ring substituents is 1. The zero-order chi connectivity index (χ0) is 24.6. The average Bonchev–Trinajstić information content (AvgIpc) is 3.07. The summed E-state index contributed by atoms with van der Waals surface area (Å²) < 4.78 is 46.4. The van der Waals surface area contributed by atoms with Crippen LogP contribution in [0.2, 0.25) is 0 Å². The van der Waals surface area contributed by atoms with Gasteiger partial charge in [-0.25, -0.2) is 0 Å². The van der Waals surface area contributed by atoms with E-state index >= 15 is 0 Å². The number of nitrogens with one attached hydrogen (secondary N) is 1. The van der Waals surface area contributed by atoms with E-state index in [-0.39, 0.29) is 23.6 Å². The Kier molecular flexibility index (Phi) is 6.85. The van der Waals surface area contributed by atoms with Crippen molar-refractivity contribution in [2.24, 2.45) is 0 Å². The summed E-state index contributed by atoms with van der Waals surface area (Å²) in [6.07, 6.45) is -2.87.